The monoisotopic (exact) mass is 302 g/mol. The van der Waals surface area contributed by atoms with Crippen LogP contribution < -0.4 is 0 Å². The van der Waals surface area contributed by atoms with Gasteiger partial charge in [0.2, 0.25) is 0 Å². The highest BCUT2D eigenvalue weighted by Crippen LogP contribution is 2.26. The number of aromatic nitrogens is 2. The second-order valence-electron chi connectivity index (χ2n) is 5.08. The summed E-state index contributed by atoms with van der Waals surface area (Å²) in [5.41, 5.74) is 2.44. The molecule has 1 aromatic heterocycles. The number of nitrogens with zero attached hydrogens (tertiary/aromatic N) is 2. The molecule has 0 aliphatic carbocycles. The van der Waals surface area contributed by atoms with Gasteiger partial charge in [0.15, 0.2) is 5.82 Å². The first-order valence-corrected chi connectivity index (χ1v) is 7.43. The van der Waals surface area contributed by atoms with E-state index in [1.807, 2.05) is 35.8 Å². The maximum Gasteiger partial charge on any atom is 0.151 e. The fourth-order valence-corrected chi connectivity index (χ4v) is 2.72. The van der Waals surface area contributed by atoms with Gasteiger partial charge in [-0.05, 0) is 31.0 Å². The molecule has 2 aromatic carbocycles. The van der Waals surface area contributed by atoms with E-state index in [0.29, 0.717) is 11.3 Å². The molecule has 0 saturated heterocycles. The molecule has 0 amide bonds. The minimum atomic E-state index is -0.301. The van der Waals surface area contributed by atoms with Crippen LogP contribution in [0.25, 0.3) is 11.0 Å². The summed E-state index contributed by atoms with van der Waals surface area (Å²) in [5.74, 6) is 0.414. The van der Waals surface area contributed by atoms with Gasteiger partial charge in [-0.15, -0.1) is 11.6 Å². The fourth-order valence-electron chi connectivity index (χ4n) is 2.56. The number of fused-ring (bicyclic) bond motifs is 1. The molecule has 1 unspecified atom stereocenters. The summed E-state index contributed by atoms with van der Waals surface area (Å²) in [5, 5.41) is -0.257. The summed E-state index contributed by atoms with van der Waals surface area (Å²) in [7, 11) is 0. The van der Waals surface area contributed by atoms with Gasteiger partial charge in [-0.3, -0.25) is 0 Å². The van der Waals surface area contributed by atoms with Gasteiger partial charge >= 0.3 is 0 Å². The Balaban J connectivity index is 2.00. The van der Waals surface area contributed by atoms with Crippen LogP contribution in [-0.4, -0.2) is 9.55 Å². The van der Waals surface area contributed by atoms with Crippen molar-refractivity contribution in [1.82, 2.24) is 9.55 Å². The van der Waals surface area contributed by atoms with E-state index in [1.54, 1.807) is 6.07 Å². The van der Waals surface area contributed by atoms with Crippen molar-refractivity contribution in [1.29, 1.82) is 0 Å². The van der Waals surface area contributed by atoms with Crippen LogP contribution in [0, 0.1) is 5.82 Å². The Labute approximate surface area is 128 Å². The van der Waals surface area contributed by atoms with Gasteiger partial charge in [-0.25, -0.2) is 9.37 Å². The van der Waals surface area contributed by atoms with Crippen molar-refractivity contribution in [2.75, 3.05) is 0 Å². The van der Waals surface area contributed by atoms with Crippen LogP contribution in [0.2, 0.25) is 0 Å². The molecule has 3 rings (SSSR count). The molecule has 1 heterocycles. The lowest BCUT2D eigenvalue weighted by Gasteiger charge is -2.10. The number of alkyl halides is 1. The zero-order valence-corrected chi connectivity index (χ0v) is 12.5. The van der Waals surface area contributed by atoms with E-state index in [4.69, 9.17) is 11.6 Å². The van der Waals surface area contributed by atoms with Crippen LogP contribution in [0.1, 0.15) is 23.7 Å². The third-order valence-corrected chi connectivity index (χ3v) is 3.78. The molecule has 0 bridgehead atoms. The summed E-state index contributed by atoms with van der Waals surface area (Å²) in [6.45, 7) is 2.59. The zero-order valence-electron chi connectivity index (χ0n) is 11.8. The van der Waals surface area contributed by atoms with E-state index in [0.717, 1.165) is 18.5 Å². The summed E-state index contributed by atoms with van der Waals surface area (Å²) < 4.78 is 15.9. The lowest BCUT2D eigenvalue weighted by Crippen LogP contribution is -2.06. The molecule has 0 aliphatic heterocycles. The average molecular weight is 303 g/mol. The lowest BCUT2D eigenvalue weighted by atomic mass is 10.1. The molecule has 21 heavy (non-hydrogen) atoms. The number of benzene rings is 2. The van der Waals surface area contributed by atoms with Crippen LogP contribution in [0.5, 0.6) is 0 Å². The second kappa shape index (κ2) is 5.86. The first kappa shape index (κ1) is 14.1. The fraction of sp³-hybridized carbons (Fsp3) is 0.235. The normalized spacial score (nSPS) is 12.7. The quantitative estimate of drug-likeness (QED) is 0.638. The molecule has 0 radical (unpaired) electrons. The Morgan fingerprint density at radius 3 is 2.62 bits per heavy atom. The zero-order chi connectivity index (χ0) is 14.8. The first-order chi connectivity index (χ1) is 10.2. The summed E-state index contributed by atoms with van der Waals surface area (Å²) in [6.07, 6.45) is 0.861. The van der Waals surface area contributed by atoms with Gasteiger partial charge < -0.3 is 4.57 Å². The number of imidazole rings is 1. The lowest BCUT2D eigenvalue weighted by molar-refractivity contribution is 0.637. The van der Waals surface area contributed by atoms with Crippen molar-refractivity contribution < 1.29 is 4.39 Å². The van der Waals surface area contributed by atoms with Crippen molar-refractivity contribution >= 4 is 22.6 Å². The van der Waals surface area contributed by atoms with Gasteiger partial charge in [0.25, 0.3) is 0 Å². The molecule has 4 heteroatoms. The smallest absolute Gasteiger partial charge is 0.151 e. The Morgan fingerprint density at radius 2 is 1.90 bits per heavy atom. The number of hydrogen-bond acceptors (Lipinski definition) is 1. The number of halogens is 2. The SMILES string of the molecule is CC(Cl)c1nc2c(F)cccc2n1CCc1ccccc1. The topological polar surface area (TPSA) is 17.8 Å². The molecular weight excluding hydrogens is 287 g/mol. The molecule has 0 fully saturated rings. The van der Waals surface area contributed by atoms with E-state index in [9.17, 15) is 4.39 Å². The molecule has 1 atom stereocenters. The van der Waals surface area contributed by atoms with Crippen molar-refractivity contribution in [3.8, 4) is 0 Å². The van der Waals surface area contributed by atoms with Crippen molar-refractivity contribution in [3.05, 3.63) is 65.7 Å². The van der Waals surface area contributed by atoms with E-state index < -0.39 is 0 Å². The van der Waals surface area contributed by atoms with E-state index in [2.05, 4.69) is 17.1 Å². The number of rotatable bonds is 4. The number of para-hydroxylation sites is 1. The van der Waals surface area contributed by atoms with Crippen molar-refractivity contribution in [2.24, 2.45) is 0 Å². The largest absolute Gasteiger partial charge is 0.326 e. The average Bonchev–Trinajstić information content (AvgIpc) is 2.87. The Hall–Kier alpha value is -1.87. The Bertz CT molecular complexity index is 750. The molecule has 108 valence electrons. The van der Waals surface area contributed by atoms with Gasteiger partial charge in [-0.2, -0.15) is 0 Å². The van der Waals surface area contributed by atoms with Gasteiger partial charge in [0.1, 0.15) is 11.3 Å². The third kappa shape index (κ3) is 2.79. The molecule has 0 aliphatic rings. The summed E-state index contributed by atoms with van der Waals surface area (Å²) in [6, 6.07) is 15.2. The van der Waals surface area contributed by atoms with Crippen molar-refractivity contribution in [2.45, 2.75) is 25.3 Å². The highest BCUT2D eigenvalue weighted by molar-refractivity contribution is 6.20. The minimum Gasteiger partial charge on any atom is -0.326 e. The van der Waals surface area contributed by atoms with E-state index >= 15 is 0 Å². The Morgan fingerprint density at radius 1 is 1.14 bits per heavy atom. The molecule has 0 N–H and O–H groups in total. The van der Waals surface area contributed by atoms with Crippen LogP contribution in [0.3, 0.4) is 0 Å². The van der Waals surface area contributed by atoms with Crippen LogP contribution in [-0.2, 0) is 13.0 Å². The highest BCUT2D eigenvalue weighted by atomic mass is 35.5. The molecule has 3 aromatic rings. The first-order valence-electron chi connectivity index (χ1n) is 6.99. The van der Waals surface area contributed by atoms with Gasteiger partial charge in [0, 0.05) is 6.54 Å². The highest BCUT2D eigenvalue weighted by Gasteiger charge is 2.16. The molecule has 2 nitrogen and oxygen atoms in total. The summed E-state index contributed by atoms with van der Waals surface area (Å²) >= 11 is 6.21. The molecular formula is C17H16ClFN2. The predicted molar refractivity (Wildman–Crippen MR) is 84.1 cm³/mol. The second-order valence-corrected chi connectivity index (χ2v) is 5.74. The van der Waals surface area contributed by atoms with Crippen LogP contribution >= 0.6 is 11.6 Å². The Kier molecular flexibility index (Phi) is 3.93. The number of hydrogen-bond donors (Lipinski definition) is 0. The standard InChI is InChI=1S/C17H16ClFN2/c1-12(18)17-20-16-14(19)8-5-9-15(16)21(17)11-10-13-6-3-2-4-7-13/h2-9,12H,10-11H2,1H3. The maximum absolute atomic E-state index is 13.9. The van der Waals surface area contributed by atoms with E-state index in [-0.39, 0.29) is 11.2 Å². The third-order valence-electron chi connectivity index (χ3n) is 3.58. The van der Waals surface area contributed by atoms with Gasteiger partial charge in [0.05, 0.1) is 10.9 Å². The van der Waals surface area contributed by atoms with Crippen LogP contribution in [0.15, 0.2) is 48.5 Å². The predicted octanol–water partition coefficient (Wildman–Crippen LogP) is 4.72. The van der Waals surface area contributed by atoms with Crippen LogP contribution in [0.4, 0.5) is 4.39 Å². The molecule has 0 saturated carbocycles. The van der Waals surface area contributed by atoms with E-state index in [1.165, 1.54) is 11.6 Å². The summed E-state index contributed by atoms with van der Waals surface area (Å²) in [4.78, 5) is 4.38. The maximum atomic E-state index is 13.9. The minimum absolute atomic E-state index is 0.257. The molecule has 0 spiro atoms. The van der Waals surface area contributed by atoms with Crippen molar-refractivity contribution in [3.63, 3.8) is 0 Å². The number of aryl methyl sites for hydroxylation is 2. The van der Waals surface area contributed by atoms with Gasteiger partial charge in [-0.1, -0.05) is 36.4 Å².